The molecule has 1 aromatic carbocycles. The van der Waals surface area contributed by atoms with E-state index in [0.29, 0.717) is 30.8 Å². The van der Waals surface area contributed by atoms with E-state index in [1.807, 2.05) is 5.38 Å². The molecule has 0 spiro atoms. The van der Waals surface area contributed by atoms with Crippen LogP contribution in [0.25, 0.3) is 0 Å². The van der Waals surface area contributed by atoms with Gasteiger partial charge in [0.15, 0.2) is 11.5 Å². The van der Waals surface area contributed by atoms with Crippen molar-refractivity contribution < 1.29 is 37.4 Å². The van der Waals surface area contributed by atoms with Gasteiger partial charge in [0.1, 0.15) is 0 Å². The molecule has 0 bridgehead atoms. The SMILES string of the molecule is COC(=O)c1cc(OC)c(OC(F)F)cc1NC(=O)C1CCN(C(=O)c2cccs2)CC1. The fourth-order valence-corrected chi connectivity index (χ4v) is 4.12. The molecule has 3 rings (SSSR count). The predicted molar refractivity (Wildman–Crippen MR) is 113 cm³/mol. The molecule has 2 amide bonds. The lowest BCUT2D eigenvalue weighted by Gasteiger charge is -2.31. The topological polar surface area (TPSA) is 94.2 Å². The van der Waals surface area contributed by atoms with Gasteiger partial charge in [0.05, 0.1) is 30.3 Å². The Morgan fingerprint density at radius 3 is 2.44 bits per heavy atom. The van der Waals surface area contributed by atoms with Gasteiger partial charge in [-0.15, -0.1) is 11.3 Å². The first kappa shape index (κ1) is 23.5. The number of rotatable bonds is 7. The van der Waals surface area contributed by atoms with Gasteiger partial charge in [0, 0.05) is 31.1 Å². The maximum absolute atomic E-state index is 12.8. The van der Waals surface area contributed by atoms with Crippen molar-refractivity contribution in [3.8, 4) is 11.5 Å². The number of piperidine rings is 1. The van der Waals surface area contributed by atoms with Gasteiger partial charge in [-0.3, -0.25) is 9.59 Å². The Balaban J connectivity index is 1.73. The van der Waals surface area contributed by atoms with E-state index in [1.165, 1.54) is 24.5 Å². The molecule has 1 N–H and O–H groups in total. The zero-order valence-corrected chi connectivity index (χ0v) is 18.2. The minimum absolute atomic E-state index is 0.0320. The summed E-state index contributed by atoms with van der Waals surface area (Å²) in [6.07, 6.45) is 0.847. The Labute approximate surface area is 187 Å². The molecule has 8 nitrogen and oxygen atoms in total. The van der Waals surface area contributed by atoms with Gasteiger partial charge >= 0.3 is 12.6 Å². The zero-order valence-electron chi connectivity index (χ0n) is 17.4. The van der Waals surface area contributed by atoms with Crippen LogP contribution < -0.4 is 14.8 Å². The highest BCUT2D eigenvalue weighted by Gasteiger charge is 2.29. The molecule has 1 aromatic heterocycles. The molecule has 32 heavy (non-hydrogen) atoms. The summed E-state index contributed by atoms with van der Waals surface area (Å²) in [7, 11) is 2.39. The molecule has 1 fully saturated rings. The molecule has 2 aromatic rings. The summed E-state index contributed by atoms with van der Waals surface area (Å²) in [5, 5.41) is 4.44. The van der Waals surface area contributed by atoms with E-state index in [-0.39, 0.29) is 28.7 Å². The quantitative estimate of drug-likeness (QED) is 0.624. The third-order valence-electron chi connectivity index (χ3n) is 5.07. The average molecular weight is 468 g/mol. The number of ether oxygens (including phenoxy) is 3. The lowest BCUT2D eigenvalue weighted by atomic mass is 9.95. The summed E-state index contributed by atoms with van der Waals surface area (Å²) < 4.78 is 39.7. The van der Waals surface area contributed by atoms with E-state index in [9.17, 15) is 23.2 Å². The number of alkyl halides is 2. The van der Waals surface area contributed by atoms with Gasteiger partial charge in [-0.1, -0.05) is 6.07 Å². The zero-order chi connectivity index (χ0) is 23.3. The number of thiophene rings is 1. The van der Waals surface area contributed by atoms with Crippen molar-refractivity contribution in [3.05, 3.63) is 40.1 Å². The number of nitrogens with one attached hydrogen (secondary N) is 1. The van der Waals surface area contributed by atoms with Crippen LogP contribution in [0.1, 0.15) is 32.9 Å². The van der Waals surface area contributed by atoms with Crippen molar-refractivity contribution >= 4 is 34.8 Å². The van der Waals surface area contributed by atoms with E-state index in [1.54, 1.807) is 17.0 Å². The lowest BCUT2D eigenvalue weighted by Crippen LogP contribution is -2.41. The minimum atomic E-state index is -3.12. The molecule has 0 saturated carbocycles. The second-order valence-corrected chi connectivity index (χ2v) is 7.90. The summed E-state index contributed by atoms with van der Waals surface area (Å²) in [5.74, 6) is -2.11. The number of carbonyl (C=O) groups excluding carboxylic acids is 3. The van der Waals surface area contributed by atoms with Crippen LogP contribution in [0.4, 0.5) is 14.5 Å². The number of amides is 2. The fraction of sp³-hybridized carbons (Fsp3) is 0.381. The van der Waals surface area contributed by atoms with E-state index in [4.69, 9.17) is 9.47 Å². The summed E-state index contributed by atoms with van der Waals surface area (Å²) in [6, 6.07) is 5.83. The Kier molecular flexibility index (Phi) is 7.62. The van der Waals surface area contributed by atoms with E-state index >= 15 is 0 Å². The molecule has 1 saturated heterocycles. The summed E-state index contributed by atoms with van der Waals surface area (Å²) >= 11 is 1.36. The lowest BCUT2D eigenvalue weighted by molar-refractivity contribution is -0.121. The van der Waals surface area contributed by atoms with Crippen LogP contribution >= 0.6 is 11.3 Å². The van der Waals surface area contributed by atoms with Crippen molar-refractivity contribution in [3.63, 3.8) is 0 Å². The van der Waals surface area contributed by atoms with E-state index in [0.717, 1.165) is 13.2 Å². The van der Waals surface area contributed by atoms with Gasteiger partial charge in [0.25, 0.3) is 5.91 Å². The van der Waals surface area contributed by atoms with Crippen molar-refractivity contribution in [1.82, 2.24) is 4.90 Å². The second kappa shape index (κ2) is 10.4. The van der Waals surface area contributed by atoms with Gasteiger partial charge in [-0.25, -0.2) is 4.79 Å². The first-order valence-electron chi connectivity index (χ1n) is 9.72. The number of halogens is 2. The number of hydrogen-bond acceptors (Lipinski definition) is 7. The van der Waals surface area contributed by atoms with E-state index in [2.05, 4.69) is 10.1 Å². The number of methoxy groups -OCH3 is 2. The largest absolute Gasteiger partial charge is 0.493 e. The molecule has 2 heterocycles. The third kappa shape index (κ3) is 5.34. The highest BCUT2D eigenvalue weighted by molar-refractivity contribution is 7.12. The molecule has 0 unspecified atom stereocenters. The normalized spacial score (nSPS) is 14.2. The highest BCUT2D eigenvalue weighted by atomic mass is 32.1. The Morgan fingerprint density at radius 1 is 1.16 bits per heavy atom. The third-order valence-corrected chi connectivity index (χ3v) is 5.93. The summed E-state index contributed by atoms with van der Waals surface area (Å²) in [5.41, 5.74) is -0.0972. The number of esters is 1. The summed E-state index contributed by atoms with van der Waals surface area (Å²) in [4.78, 5) is 39.8. The summed E-state index contributed by atoms with van der Waals surface area (Å²) in [6.45, 7) is -2.32. The van der Waals surface area contributed by atoms with Crippen LogP contribution in [0.2, 0.25) is 0 Å². The van der Waals surface area contributed by atoms with Crippen LogP contribution in [0.3, 0.4) is 0 Å². The van der Waals surface area contributed by atoms with Crippen LogP contribution in [0, 0.1) is 5.92 Å². The Morgan fingerprint density at radius 2 is 1.88 bits per heavy atom. The monoisotopic (exact) mass is 468 g/mol. The van der Waals surface area contributed by atoms with Crippen LogP contribution in [-0.2, 0) is 9.53 Å². The average Bonchev–Trinajstić information content (AvgIpc) is 3.33. The number of hydrogen-bond donors (Lipinski definition) is 1. The van der Waals surface area contributed by atoms with Crippen molar-refractivity contribution in [2.75, 3.05) is 32.6 Å². The predicted octanol–water partition coefficient (Wildman–Crippen LogP) is 3.64. The molecule has 0 aliphatic carbocycles. The van der Waals surface area contributed by atoms with Gasteiger partial charge in [-0.05, 0) is 24.3 Å². The molecule has 172 valence electrons. The maximum atomic E-state index is 12.8. The van der Waals surface area contributed by atoms with Gasteiger partial charge < -0.3 is 24.4 Å². The van der Waals surface area contributed by atoms with Crippen LogP contribution in [0.15, 0.2) is 29.6 Å². The maximum Gasteiger partial charge on any atom is 0.387 e. The number of likely N-dealkylation sites (tertiary alicyclic amines) is 1. The van der Waals surface area contributed by atoms with Gasteiger partial charge in [-0.2, -0.15) is 8.78 Å². The Hall–Kier alpha value is -3.21. The molecule has 0 radical (unpaired) electrons. The molecule has 1 aliphatic heterocycles. The van der Waals surface area contributed by atoms with E-state index < -0.39 is 24.4 Å². The molecular weight excluding hydrogens is 446 g/mol. The number of nitrogens with zero attached hydrogens (tertiary/aromatic N) is 1. The van der Waals surface area contributed by atoms with Crippen molar-refractivity contribution in [2.45, 2.75) is 19.5 Å². The van der Waals surface area contributed by atoms with Crippen molar-refractivity contribution in [2.24, 2.45) is 5.92 Å². The molecular formula is C21H22F2N2O6S. The first-order chi connectivity index (χ1) is 15.3. The van der Waals surface area contributed by atoms with Gasteiger partial charge in [0.2, 0.25) is 5.91 Å². The highest BCUT2D eigenvalue weighted by Crippen LogP contribution is 2.35. The number of anilines is 1. The second-order valence-electron chi connectivity index (χ2n) is 6.95. The molecule has 11 heteroatoms. The van der Waals surface area contributed by atoms with Crippen LogP contribution in [0.5, 0.6) is 11.5 Å². The molecule has 1 aliphatic rings. The first-order valence-corrected chi connectivity index (χ1v) is 10.6. The Bertz CT molecular complexity index is 975. The smallest absolute Gasteiger partial charge is 0.387 e. The number of benzene rings is 1. The van der Waals surface area contributed by atoms with Crippen LogP contribution in [-0.4, -0.2) is 56.6 Å². The molecule has 0 atom stereocenters. The fourth-order valence-electron chi connectivity index (χ4n) is 3.43. The number of carbonyl (C=O) groups is 3. The standard InChI is InChI=1S/C21H22F2N2O6S/c1-29-15-10-13(20(28)30-2)14(11-16(15)31-21(22)23)24-18(26)12-5-7-25(8-6-12)19(27)17-4-3-9-32-17/h3-4,9-12,21H,5-8H2,1-2H3,(H,24,26). The minimum Gasteiger partial charge on any atom is -0.493 e. The van der Waals surface area contributed by atoms with Crippen molar-refractivity contribution in [1.29, 1.82) is 0 Å².